The Morgan fingerprint density at radius 2 is 2.04 bits per heavy atom. The zero-order chi connectivity index (χ0) is 18.8. The van der Waals surface area contributed by atoms with Gasteiger partial charge in [0.1, 0.15) is 5.82 Å². The maximum absolute atomic E-state index is 13.8. The first-order valence-electron chi connectivity index (χ1n) is 9.05. The lowest BCUT2D eigenvalue weighted by atomic mass is 10.1. The van der Waals surface area contributed by atoms with E-state index < -0.39 is 0 Å². The van der Waals surface area contributed by atoms with Gasteiger partial charge in [0.2, 0.25) is 0 Å². The van der Waals surface area contributed by atoms with Crippen molar-refractivity contribution in [2.75, 3.05) is 19.6 Å². The largest absolute Gasteiger partial charge is 0.357 e. The molecule has 26 heavy (non-hydrogen) atoms. The zero-order valence-electron chi connectivity index (χ0n) is 15.4. The SMILES string of the molecule is CCNC(=NCCCc1cn[nH]c1C)NCCCc1ccc(Br)cc1F. The van der Waals surface area contributed by atoms with Crippen molar-refractivity contribution in [2.24, 2.45) is 4.99 Å². The molecular formula is C19H27BrFN5. The van der Waals surface area contributed by atoms with E-state index in [1.54, 1.807) is 0 Å². The average molecular weight is 424 g/mol. The summed E-state index contributed by atoms with van der Waals surface area (Å²) in [5.41, 5.74) is 3.11. The minimum Gasteiger partial charge on any atom is -0.357 e. The first kappa shape index (κ1) is 20.4. The third kappa shape index (κ3) is 6.78. The smallest absolute Gasteiger partial charge is 0.191 e. The Morgan fingerprint density at radius 3 is 2.73 bits per heavy atom. The first-order valence-corrected chi connectivity index (χ1v) is 9.84. The molecule has 5 nitrogen and oxygen atoms in total. The second kappa shape index (κ2) is 11.0. The van der Waals surface area contributed by atoms with Crippen molar-refractivity contribution in [3.05, 3.63) is 51.5 Å². The van der Waals surface area contributed by atoms with Gasteiger partial charge in [-0.05, 0) is 62.8 Å². The van der Waals surface area contributed by atoms with Gasteiger partial charge in [0.15, 0.2) is 5.96 Å². The molecular weight excluding hydrogens is 397 g/mol. The Bertz CT molecular complexity index is 714. The maximum atomic E-state index is 13.8. The van der Waals surface area contributed by atoms with Crippen LogP contribution in [0.3, 0.4) is 0 Å². The Kier molecular flexibility index (Phi) is 8.61. The highest BCUT2D eigenvalue weighted by Gasteiger charge is 2.04. The first-order chi connectivity index (χ1) is 12.6. The summed E-state index contributed by atoms with van der Waals surface area (Å²) in [6.45, 7) is 6.40. The molecule has 0 saturated carbocycles. The predicted octanol–water partition coefficient (Wildman–Crippen LogP) is 3.74. The fourth-order valence-electron chi connectivity index (χ4n) is 2.64. The molecule has 7 heteroatoms. The molecule has 0 bridgehead atoms. The van der Waals surface area contributed by atoms with Gasteiger partial charge in [-0.25, -0.2) is 4.39 Å². The van der Waals surface area contributed by atoms with Gasteiger partial charge in [0.05, 0.1) is 6.20 Å². The summed E-state index contributed by atoms with van der Waals surface area (Å²) < 4.78 is 14.6. The van der Waals surface area contributed by atoms with Crippen molar-refractivity contribution in [3.8, 4) is 0 Å². The minimum atomic E-state index is -0.158. The van der Waals surface area contributed by atoms with Crippen molar-refractivity contribution in [1.82, 2.24) is 20.8 Å². The van der Waals surface area contributed by atoms with Gasteiger partial charge in [-0.3, -0.25) is 10.1 Å². The van der Waals surface area contributed by atoms with E-state index in [9.17, 15) is 4.39 Å². The fraction of sp³-hybridized carbons (Fsp3) is 0.474. The second-order valence-corrected chi connectivity index (χ2v) is 7.07. The monoisotopic (exact) mass is 423 g/mol. The van der Waals surface area contributed by atoms with Gasteiger partial charge >= 0.3 is 0 Å². The summed E-state index contributed by atoms with van der Waals surface area (Å²) in [7, 11) is 0. The topological polar surface area (TPSA) is 65.1 Å². The molecule has 1 aromatic carbocycles. The molecule has 0 amide bonds. The van der Waals surface area contributed by atoms with Gasteiger partial charge in [0, 0.05) is 29.8 Å². The van der Waals surface area contributed by atoms with Gasteiger partial charge in [-0.2, -0.15) is 5.10 Å². The van der Waals surface area contributed by atoms with Crippen molar-refractivity contribution >= 4 is 21.9 Å². The van der Waals surface area contributed by atoms with Crippen LogP contribution in [-0.4, -0.2) is 35.8 Å². The number of aromatic amines is 1. The van der Waals surface area contributed by atoms with Crippen LogP contribution in [0, 0.1) is 12.7 Å². The van der Waals surface area contributed by atoms with Crippen molar-refractivity contribution in [1.29, 1.82) is 0 Å². The fourth-order valence-corrected chi connectivity index (χ4v) is 2.97. The van der Waals surface area contributed by atoms with Crippen molar-refractivity contribution < 1.29 is 4.39 Å². The quantitative estimate of drug-likeness (QED) is 0.327. The minimum absolute atomic E-state index is 0.158. The van der Waals surface area contributed by atoms with Crippen LogP contribution in [0.4, 0.5) is 4.39 Å². The van der Waals surface area contributed by atoms with Crippen molar-refractivity contribution in [2.45, 2.75) is 39.5 Å². The zero-order valence-corrected chi connectivity index (χ0v) is 17.0. The summed E-state index contributed by atoms with van der Waals surface area (Å²) in [6, 6.07) is 5.21. The van der Waals surface area contributed by atoms with Crippen LogP contribution in [0.2, 0.25) is 0 Å². The van der Waals surface area contributed by atoms with Gasteiger partial charge in [-0.15, -0.1) is 0 Å². The highest BCUT2D eigenvalue weighted by Crippen LogP contribution is 2.16. The van der Waals surface area contributed by atoms with E-state index in [1.807, 2.05) is 32.2 Å². The van der Waals surface area contributed by atoms with Crippen LogP contribution >= 0.6 is 15.9 Å². The molecule has 142 valence electrons. The molecule has 2 aromatic rings. The van der Waals surface area contributed by atoms with E-state index in [2.05, 4.69) is 41.8 Å². The summed E-state index contributed by atoms with van der Waals surface area (Å²) in [5.74, 6) is 0.655. The van der Waals surface area contributed by atoms with Crippen LogP contribution in [0.1, 0.15) is 36.6 Å². The number of H-pyrrole nitrogens is 1. The summed E-state index contributed by atoms with van der Waals surface area (Å²) in [6.07, 6.45) is 5.36. The van der Waals surface area contributed by atoms with E-state index >= 15 is 0 Å². The number of nitrogens with zero attached hydrogens (tertiary/aromatic N) is 2. The molecule has 3 N–H and O–H groups in total. The predicted molar refractivity (Wildman–Crippen MR) is 108 cm³/mol. The molecule has 0 atom stereocenters. The Labute approximate surface area is 163 Å². The van der Waals surface area contributed by atoms with E-state index in [0.29, 0.717) is 6.42 Å². The van der Waals surface area contributed by atoms with Crippen molar-refractivity contribution in [3.63, 3.8) is 0 Å². The molecule has 0 spiro atoms. The molecule has 0 radical (unpaired) electrons. The summed E-state index contributed by atoms with van der Waals surface area (Å²) >= 11 is 3.28. The van der Waals surface area contributed by atoms with E-state index in [4.69, 9.17) is 0 Å². The molecule has 0 saturated heterocycles. The number of benzene rings is 1. The third-order valence-electron chi connectivity index (χ3n) is 4.08. The van der Waals surface area contributed by atoms with Gasteiger partial charge in [-0.1, -0.05) is 22.0 Å². The molecule has 2 rings (SSSR count). The van der Waals surface area contributed by atoms with Gasteiger partial charge < -0.3 is 10.6 Å². The number of halogens is 2. The lowest BCUT2D eigenvalue weighted by Crippen LogP contribution is -2.38. The Balaban J connectivity index is 1.71. The van der Waals surface area contributed by atoms with Crippen LogP contribution in [0.15, 0.2) is 33.9 Å². The van der Waals surface area contributed by atoms with Crippen LogP contribution < -0.4 is 10.6 Å². The number of aryl methyl sites for hydroxylation is 3. The third-order valence-corrected chi connectivity index (χ3v) is 4.58. The molecule has 0 aliphatic heterocycles. The highest BCUT2D eigenvalue weighted by atomic mass is 79.9. The molecule has 0 aliphatic carbocycles. The summed E-state index contributed by atoms with van der Waals surface area (Å²) in [5, 5.41) is 13.6. The number of hydrogen-bond acceptors (Lipinski definition) is 2. The van der Waals surface area contributed by atoms with Crippen LogP contribution in [0.25, 0.3) is 0 Å². The summed E-state index contributed by atoms with van der Waals surface area (Å²) in [4.78, 5) is 4.60. The average Bonchev–Trinajstić information content (AvgIpc) is 3.02. The lowest BCUT2D eigenvalue weighted by Gasteiger charge is -2.11. The Hall–Kier alpha value is -1.89. The number of nitrogens with one attached hydrogen (secondary N) is 3. The normalized spacial score (nSPS) is 11.6. The molecule has 0 aliphatic rings. The second-order valence-electron chi connectivity index (χ2n) is 6.15. The Morgan fingerprint density at radius 1 is 1.23 bits per heavy atom. The highest BCUT2D eigenvalue weighted by molar-refractivity contribution is 9.10. The number of aliphatic imine (C=N–C) groups is 1. The number of hydrogen-bond donors (Lipinski definition) is 3. The standard InChI is InChI=1S/C19H27BrFN5/c1-3-22-19(24-11-5-7-16-13-25-26-14(16)2)23-10-4-6-15-8-9-17(20)12-18(15)21/h8-9,12-13H,3-7,10-11H2,1-2H3,(H,25,26)(H2,22,23,24). The molecule has 0 unspecified atom stereocenters. The number of guanidine groups is 1. The molecule has 1 heterocycles. The van der Waals surface area contributed by atoms with E-state index in [1.165, 1.54) is 11.6 Å². The van der Waals surface area contributed by atoms with Crippen LogP contribution in [0.5, 0.6) is 0 Å². The van der Waals surface area contributed by atoms with E-state index in [0.717, 1.165) is 60.6 Å². The van der Waals surface area contributed by atoms with E-state index in [-0.39, 0.29) is 5.82 Å². The lowest BCUT2D eigenvalue weighted by molar-refractivity contribution is 0.602. The number of aromatic nitrogens is 2. The van der Waals surface area contributed by atoms with Gasteiger partial charge in [0.25, 0.3) is 0 Å². The number of rotatable bonds is 9. The van der Waals surface area contributed by atoms with Crippen LogP contribution in [-0.2, 0) is 12.8 Å². The molecule has 0 fully saturated rings. The maximum Gasteiger partial charge on any atom is 0.191 e. The molecule has 1 aromatic heterocycles.